The number of benzene rings is 1. The van der Waals surface area contributed by atoms with Crippen LogP contribution in [0.15, 0.2) is 0 Å². The summed E-state index contributed by atoms with van der Waals surface area (Å²) >= 11 is 5.83. The molecule has 0 spiro atoms. The van der Waals surface area contributed by atoms with E-state index in [0.29, 0.717) is 0 Å². The molecule has 0 atom stereocenters. The van der Waals surface area contributed by atoms with E-state index in [2.05, 4.69) is 0 Å². The smallest absolute Gasteiger partial charge is 0.481 e. The number of Topliss-reactive ketones (excluding diaryl/α,β-unsaturated/α-hetero) is 1. The van der Waals surface area contributed by atoms with Crippen molar-refractivity contribution in [3.63, 3.8) is 0 Å². The molecule has 4 nitrogen and oxygen atoms in total. The van der Waals surface area contributed by atoms with Crippen LogP contribution in [0.2, 0.25) is 5.02 Å². The Morgan fingerprint density at radius 3 is 2.83 bits per heavy atom. The topological polar surface area (TPSA) is 55.8 Å². The van der Waals surface area contributed by atoms with Gasteiger partial charge in [0.05, 0.1) is 11.6 Å². The molecule has 1 aliphatic rings. The summed E-state index contributed by atoms with van der Waals surface area (Å²) in [5.41, 5.74) is -0.200. The molecule has 1 aliphatic heterocycles. The van der Waals surface area contributed by atoms with Gasteiger partial charge in [-0.1, -0.05) is 11.6 Å². The fraction of sp³-hybridized carbons (Fsp3) is 0.300. The Balaban J connectivity index is 2.50. The molecule has 0 saturated heterocycles. The van der Waals surface area contributed by atoms with Crippen LogP contribution in [0.1, 0.15) is 12.5 Å². The van der Waals surface area contributed by atoms with Crippen molar-refractivity contribution < 1.29 is 28.0 Å². The molecule has 1 aromatic rings. The van der Waals surface area contributed by atoms with Crippen LogP contribution in [-0.2, 0) is 16.1 Å². The minimum atomic E-state index is -1.43. The number of carbonyl (C=O) groups is 1. The molecule has 96 valence electrons. The van der Waals surface area contributed by atoms with Gasteiger partial charge in [-0.2, -0.15) is 4.39 Å². The van der Waals surface area contributed by atoms with E-state index in [1.165, 1.54) is 6.92 Å². The summed E-state index contributed by atoms with van der Waals surface area (Å²) in [6.07, 6.45) is 0. The summed E-state index contributed by atoms with van der Waals surface area (Å²) in [5, 5.41) is 9.18. The lowest BCUT2D eigenvalue weighted by Crippen LogP contribution is -2.30. The molecular weight excluding hydrogens is 268 g/mol. The predicted octanol–water partition coefficient (Wildman–Crippen LogP) is 0.804. The Hall–Kier alpha value is -1.18. The first-order valence-corrected chi connectivity index (χ1v) is 5.42. The summed E-state index contributed by atoms with van der Waals surface area (Å²) in [5.74, 6) is -3.45. The van der Waals surface area contributed by atoms with Gasteiger partial charge in [-0.25, -0.2) is 4.39 Å². The Kier molecular flexibility index (Phi) is 3.56. The molecule has 0 amide bonds. The van der Waals surface area contributed by atoms with Gasteiger partial charge in [0.15, 0.2) is 17.3 Å². The van der Waals surface area contributed by atoms with Crippen molar-refractivity contribution in [3.8, 4) is 5.75 Å². The first kappa shape index (κ1) is 13.3. The standard InChI is InChI=1S/C10H8BClF2O4/c1-4(15)2-17-10-7(12)6-5(3-18-11(6)16)8(13)9(10)14/h16H,2-3H2,1H3. The molecule has 0 unspecified atom stereocenters. The van der Waals surface area contributed by atoms with Crippen LogP contribution in [0.3, 0.4) is 0 Å². The van der Waals surface area contributed by atoms with E-state index in [0.717, 1.165) is 0 Å². The molecule has 1 aromatic carbocycles. The summed E-state index contributed by atoms with van der Waals surface area (Å²) < 4.78 is 36.9. The third-order valence-corrected chi connectivity index (χ3v) is 2.85. The number of fused-ring (bicyclic) bond motifs is 1. The van der Waals surface area contributed by atoms with Gasteiger partial charge in [-0.05, 0) is 6.92 Å². The second-order valence-corrected chi connectivity index (χ2v) is 4.20. The zero-order valence-corrected chi connectivity index (χ0v) is 10.1. The van der Waals surface area contributed by atoms with E-state index in [-0.39, 0.29) is 28.4 Å². The zero-order chi connectivity index (χ0) is 13.4. The minimum Gasteiger partial charge on any atom is -0.481 e. The molecular formula is C10H8BClF2O4. The van der Waals surface area contributed by atoms with Gasteiger partial charge in [-0.15, -0.1) is 0 Å². The molecule has 18 heavy (non-hydrogen) atoms. The summed E-state index contributed by atoms with van der Waals surface area (Å²) in [4.78, 5) is 10.8. The molecule has 0 aromatic heterocycles. The highest BCUT2D eigenvalue weighted by molar-refractivity contribution is 6.65. The van der Waals surface area contributed by atoms with Gasteiger partial charge < -0.3 is 14.4 Å². The number of hydrogen-bond donors (Lipinski definition) is 1. The first-order chi connectivity index (χ1) is 8.43. The van der Waals surface area contributed by atoms with Crippen LogP contribution >= 0.6 is 11.6 Å². The predicted molar refractivity (Wildman–Crippen MR) is 59.9 cm³/mol. The Bertz CT molecular complexity index is 523. The van der Waals surface area contributed by atoms with Crippen molar-refractivity contribution in [1.82, 2.24) is 0 Å². The summed E-state index contributed by atoms with van der Waals surface area (Å²) in [6, 6.07) is 0. The SMILES string of the molecule is CC(=O)COc1c(F)c(F)c2c(c1Cl)B(O)OC2. The molecule has 0 bridgehead atoms. The second-order valence-electron chi connectivity index (χ2n) is 3.82. The maximum atomic E-state index is 13.7. The van der Waals surface area contributed by atoms with Gasteiger partial charge in [0.1, 0.15) is 6.61 Å². The van der Waals surface area contributed by atoms with Crippen LogP contribution in [0, 0.1) is 11.6 Å². The van der Waals surface area contributed by atoms with Crippen LogP contribution in [-0.4, -0.2) is 24.5 Å². The maximum absolute atomic E-state index is 13.7. The fourth-order valence-electron chi connectivity index (χ4n) is 1.65. The Morgan fingerprint density at radius 2 is 2.22 bits per heavy atom. The van der Waals surface area contributed by atoms with Crippen molar-refractivity contribution in [1.29, 1.82) is 0 Å². The number of ketones is 1. The third-order valence-electron chi connectivity index (χ3n) is 2.47. The Labute approximate surface area is 107 Å². The molecule has 0 saturated carbocycles. The second kappa shape index (κ2) is 4.83. The molecule has 0 radical (unpaired) electrons. The summed E-state index contributed by atoms with van der Waals surface area (Å²) in [7, 11) is -1.43. The zero-order valence-electron chi connectivity index (χ0n) is 9.30. The van der Waals surface area contributed by atoms with Crippen molar-refractivity contribution >= 4 is 30.0 Å². The van der Waals surface area contributed by atoms with Gasteiger partial charge >= 0.3 is 7.12 Å². The average Bonchev–Trinajstić information content (AvgIpc) is 2.68. The van der Waals surface area contributed by atoms with Crippen molar-refractivity contribution in [2.24, 2.45) is 0 Å². The first-order valence-electron chi connectivity index (χ1n) is 5.04. The highest BCUT2D eigenvalue weighted by Gasteiger charge is 2.37. The largest absolute Gasteiger partial charge is 0.493 e. The quantitative estimate of drug-likeness (QED) is 0.655. The van der Waals surface area contributed by atoms with E-state index < -0.39 is 31.1 Å². The van der Waals surface area contributed by atoms with Gasteiger partial charge in [0.25, 0.3) is 0 Å². The number of halogens is 3. The molecule has 1 heterocycles. The average molecular weight is 276 g/mol. The maximum Gasteiger partial charge on any atom is 0.493 e. The lowest BCUT2D eigenvalue weighted by atomic mass is 9.79. The van der Waals surface area contributed by atoms with Crippen molar-refractivity contribution in [3.05, 3.63) is 22.2 Å². The number of hydrogen-bond acceptors (Lipinski definition) is 4. The lowest BCUT2D eigenvalue weighted by molar-refractivity contribution is -0.118. The molecule has 0 fully saturated rings. The van der Waals surface area contributed by atoms with E-state index >= 15 is 0 Å². The molecule has 1 N–H and O–H groups in total. The Morgan fingerprint density at radius 1 is 1.56 bits per heavy atom. The molecule has 2 rings (SSSR count). The van der Waals surface area contributed by atoms with E-state index in [4.69, 9.17) is 21.0 Å². The van der Waals surface area contributed by atoms with Gasteiger partial charge in [-0.3, -0.25) is 4.79 Å². The molecule has 8 heteroatoms. The van der Waals surface area contributed by atoms with Crippen LogP contribution < -0.4 is 10.2 Å². The van der Waals surface area contributed by atoms with E-state index in [1.807, 2.05) is 0 Å². The highest BCUT2D eigenvalue weighted by atomic mass is 35.5. The van der Waals surface area contributed by atoms with Crippen molar-refractivity contribution in [2.45, 2.75) is 13.5 Å². The summed E-state index contributed by atoms with van der Waals surface area (Å²) in [6.45, 7) is 0.519. The van der Waals surface area contributed by atoms with Crippen molar-refractivity contribution in [2.75, 3.05) is 6.61 Å². The number of carbonyl (C=O) groups excluding carboxylic acids is 1. The lowest BCUT2D eigenvalue weighted by Gasteiger charge is -2.12. The fourth-order valence-corrected chi connectivity index (χ4v) is 1.99. The van der Waals surface area contributed by atoms with Gasteiger partial charge in [0, 0.05) is 11.0 Å². The van der Waals surface area contributed by atoms with Gasteiger partial charge in [0.2, 0.25) is 5.82 Å². The monoisotopic (exact) mass is 276 g/mol. The van der Waals surface area contributed by atoms with Crippen LogP contribution in [0.4, 0.5) is 8.78 Å². The minimum absolute atomic E-state index is 0.0610. The highest BCUT2D eigenvalue weighted by Crippen LogP contribution is 2.33. The number of ether oxygens (including phenoxy) is 1. The van der Waals surface area contributed by atoms with Crippen LogP contribution in [0.5, 0.6) is 5.75 Å². The van der Waals surface area contributed by atoms with E-state index in [1.54, 1.807) is 0 Å². The molecule has 0 aliphatic carbocycles. The normalized spacial score (nSPS) is 13.7. The van der Waals surface area contributed by atoms with Crippen LogP contribution in [0.25, 0.3) is 0 Å². The van der Waals surface area contributed by atoms with E-state index in [9.17, 15) is 18.6 Å². The number of rotatable bonds is 3. The third kappa shape index (κ3) is 2.09.